The van der Waals surface area contributed by atoms with Crippen molar-refractivity contribution in [2.24, 2.45) is 0 Å². The molecule has 1 fully saturated rings. The van der Waals surface area contributed by atoms with Crippen LogP contribution in [0.4, 0.5) is 0 Å². The molecule has 2 aromatic rings. The van der Waals surface area contributed by atoms with Gasteiger partial charge in [-0.2, -0.15) is 0 Å². The maximum atomic E-state index is 10.4. The average Bonchev–Trinajstić information content (AvgIpc) is 2.69. The van der Waals surface area contributed by atoms with Gasteiger partial charge in [-0.25, -0.2) is 0 Å². The highest BCUT2D eigenvalue weighted by atomic mass is 79.9. The van der Waals surface area contributed by atoms with E-state index in [2.05, 4.69) is 66.2 Å². The number of hydrogen-bond donors (Lipinski definition) is 2. The van der Waals surface area contributed by atoms with Crippen LogP contribution in [-0.4, -0.2) is 36.1 Å². The van der Waals surface area contributed by atoms with Crippen molar-refractivity contribution in [3.63, 3.8) is 0 Å². The van der Waals surface area contributed by atoms with Crippen molar-refractivity contribution in [2.75, 3.05) is 13.7 Å². The molecule has 0 saturated carbocycles. The Morgan fingerprint density at radius 2 is 1.89 bits per heavy atom. The van der Waals surface area contributed by atoms with E-state index in [0.717, 1.165) is 22.9 Å². The largest absolute Gasteiger partial charge is 0.394 e. The lowest BCUT2D eigenvalue weighted by atomic mass is 9.89. The Labute approximate surface area is 175 Å². The zero-order chi connectivity index (χ0) is 20.3. The standard InChI is InChI=1S/C23H29BrO4/c1-4-16-5-7-17(8-6-16)10-18-11-21(22(24)9-15(18)2)23(27-3)13-19(26)12-20(14-25)28-23/h5-9,11,19-20,25-26H,4,10,12-14H2,1-3H3. The van der Waals surface area contributed by atoms with Crippen LogP contribution in [0.5, 0.6) is 0 Å². The Kier molecular flexibility index (Phi) is 6.94. The molecule has 0 bridgehead atoms. The third-order valence-electron chi connectivity index (χ3n) is 5.59. The van der Waals surface area contributed by atoms with Crippen molar-refractivity contribution >= 4 is 15.9 Å². The molecule has 152 valence electrons. The SMILES string of the molecule is CCc1ccc(Cc2cc(C3(OC)CC(O)CC(CO)O3)c(Br)cc2C)cc1. The monoisotopic (exact) mass is 448 g/mol. The minimum atomic E-state index is -1.08. The molecule has 1 aliphatic heterocycles. The number of hydrogen-bond acceptors (Lipinski definition) is 4. The normalized spacial score (nSPS) is 25.1. The van der Waals surface area contributed by atoms with E-state index in [1.165, 1.54) is 22.3 Å². The van der Waals surface area contributed by atoms with Gasteiger partial charge in [0.1, 0.15) is 0 Å². The van der Waals surface area contributed by atoms with E-state index in [0.29, 0.717) is 12.8 Å². The molecule has 1 saturated heterocycles. The first-order valence-corrected chi connectivity index (χ1v) is 10.6. The summed E-state index contributed by atoms with van der Waals surface area (Å²) in [4.78, 5) is 0. The van der Waals surface area contributed by atoms with E-state index in [9.17, 15) is 10.2 Å². The highest BCUT2D eigenvalue weighted by Crippen LogP contribution is 2.42. The molecule has 0 amide bonds. The van der Waals surface area contributed by atoms with Crippen LogP contribution in [-0.2, 0) is 28.1 Å². The van der Waals surface area contributed by atoms with Crippen LogP contribution in [0.25, 0.3) is 0 Å². The van der Waals surface area contributed by atoms with Gasteiger partial charge in [-0.15, -0.1) is 0 Å². The first kappa shape index (κ1) is 21.5. The van der Waals surface area contributed by atoms with Gasteiger partial charge in [0.05, 0.1) is 18.8 Å². The topological polar surface area (TPSA) is 58.9 Å². The van der Waals surface area contributed by atoms with Crippen molar-refractivity contribution in [3.8, 4) is 0 Å². The fourth-order valence-corrected chi connectivity index (χ4v) is 4.66. The Morgan fingerprint density at radius 3 is 2.50 bits per heavy atom. The van der Waals surface area contributed by atoms with E-state index >= 15 is 0 Å². The molecule has 0 radical (unpaired) electrons. The Hall–Kier alpha value is -1.24. The Bertz CT molecular complexity index is 805. The van der Waals surface area contributed by atoms with E-state index < -0.39 is 18.0 Å². The second-order valence-corrected chi connectivity index (χ2v) is 8.43. The summed E-state index contributed by atoms with van der Waals surface area (Å²) < 4.78 is 12.8. The van der Waals surface area contributed by atoms with Crippen molar-refractivity contribution in [1.29, 1.82) is 0 Å². The summed E-state index contributed by atoms with van der Waals surface area (Å²) in [5.41, 5.74) is 5.78. The molecule has 1 aliphatic rings. The number of methoxy groups -OCH3 is 1. The number of rotatable bonds is 6. The zero-order valence-corrected chi connectivity index (χ0v) is 18.3. The first-order valence-electron chi connectivity index (χ1n) is 9.80. The molecular weight excluding hydrogens is 420 g/mol. The molecule has 5 heteroatoms. The van der Waals surface area contributed by atoms with E-state index in [1.54, 1.807) is 7.11 Å². The lowest BCUT2D eigenvalue weighted by Gasteiger charge is -2.42. The number of ether oxygens (including phenoxy) is 2. The van der Waals surface area contributed by atoms with Gasteiger partial charge in [-0.05, 0) is 54.2 Å². The molecule has 2 aromatic carbocycles. The fourth-order valence-electron chi connectivity index (χ4n) is 3.90. The first-order chi connectivity index (χ1) is 13.4. The molecular formula is C23H29BrO4. The number of halogens is 1. The van der Waals surface area contributed by atoms with Crippen LogP contribution in [0.1, 0.15) is 47.6 Å². The summed E-state index contributed by atoms with van der Waals surface area (Å²) in [6, 6.07) is 12.9. The number of aliphatic hydroxyl groups excluding tert-OH is 2. The summed E-state index contributed by atoms with van der Waals surface area (Å²) in [6.07, 6.45) is 1.52. The van der Waals surface area contributed by atoms with Crippen LogP contribution in [0, 0.1) is 6.92 Å². The van der Waals surface area contributed by atoms with Crippen molar-refractivity contribution in [2.45, 2.75) is 57.5 Å². The van der Waals surface area contributed by atoms with Crippen molar-refractivity contribution < 1.29 is 19.7 Å². The lowest BCUT2D eigenvalue weighted by molar-refractivity contribution is -0.299. The molecule has 3 unspecified atom stereocenters. The second kappa shape index (κ2) is 9.06. The minimum Gasteiger partial charge on any atom is -0.394 e. The quantitative estimate of drug-likeness (QED) is 0.693. The molecule has 0 spiro atoms. The number of benzene rings is 2. The molecule has 0 aliphatic carbocycles. The van der Waals surface area contributed by atoms with Gasteiger partial charge in [0.25, 0.3) is 0 Å². The van der Waals surface area contributed by atoms with Crippen LogP contribution < -0.4 is 0 Å². The number of aryl methyl sites for hydroxylation is 2. The second-order valence-electron chi connectivity index (χ2n) is 7.58. The van der Waals surface area contributed by atoms with Crippen LogP contribution >= 0.6 is 15.9 Å². The fraction of sp³-hybridized carbons (Fsp3) is 0.478. The summed E-state index contributed by atoms with van der Waals surface area (Å²) in [5, 5.41) is 19.9. The smallest absolute Gasteiger partial charge is 0.198 e. The summed E-state index contributed by atoms with van der Waals surface area (Å²) in [7, 11) is 1.59. The summed E-state index contributed by atoms with van der Waals surface area (Å²) in [6.45, 7) is 4.10. The Balaban J connectivity index is 1.97. The summed E-state index contributed by atoms with van der Waals surface area (Å²) in [5.74, 6) is -1.08. The number of aliphatic hydroxyl groups is 2. The average molecular weight is 449 g/mol. The van der Waals surface area contributed by atoms with Gasteiger partial charge in [-0.3, -0.25) is 0 Å². The van der Waals surface area contributed by atoms with Gasteiger partial charge in [0.15, 0.2) is 5.79 Å². The third kappa shape index (κ3) is 4.50. The predicted molar refractivity (Wildman–Crippen MR) is 113 cm³/mol. The third-order valence-corrected chi connectivity index (χ3v) is 6.25. The minimum absolute atomic E-state index is 0.151. The maximum Gasteiger partial charge on any atom is 0.198 e. The van der Waals surface area contributed by atoms with Crippen LogP contribution in [0.3, 0.4) is 0 Å². The Morgan fingerprint density at radius 1 is 1.21 bits per heavy atom. The van der Waals surface area contributed by atoms with Gasteiger partial charge >= 0.3 is 0 Å². The lowest BCUT2D eigenvalue weighted by Crippen LogP contribution is -2.46. The molecule has 28 heavy (non-hydrogen) atoms. The van der Waals surface area contributed by atoms with Crippen LogP contribution in [0.15, 0.2) is 40.9 Å². The molecule has 4 nitrogen and oxygen atoms in total. The highest BCUT2D eigenvalue weighted by Gasteiger charge is 2.44. The molecule has 3 atom stereocenters. The van der Waals surface area contributed by atoms with Gasteiger partial charge in [-0.1, -0.05) is 47.1 Å². The molecule has 2 N–H and O–H groups in total. The molecule has 1 heterocycles. The molecule has 0 aromatic heterocycles. The van der Waals surface area contributed by atoms with Gasteiger partial charge < -0.3 is 19.7 Å². The van der Waals surface area contributed by atoms with E-state index in [1.807, 2.05) is 0 Å². The van der Waals surface area contributed by atoms with Crippen molar-refractivity contribution in [1.82, 2.24) is 0 Å². The highest BCUT2D eigenvalue weighted by molar-refractivity contribution is 9.10. The van der Waals surface area contributed by atoms with Crippen LogP contribution in [0.2, 0.25) is 0 Å². The maximum absolute atomic E-state index is 10.4. The summed E-state index contributed by atoms with van der Waals surface area (Å²) >= 11 is 3.65. The molecule has 3 rings (SSSR count). The van der Waals surface area contributed by atoms with Crippen molar-refractivity contribution in [3.05, 3.63) is 68.7 Å². The predicted octanol–water partition coefficient (Wildman–Crippen LogP) is 4.24. The van der Waals surface area contributed by atoms with Gasteiger partial charge in [0.2, 0.25) is 0 Å². The van der Waals surface area contributed by atoms with Gasteiger partial charge in [0, 0.05) is 30.0 Å². The van der Waals surface area contributed by atoms with E-state index in [4.69, 9.17) is 9.47 Å². The zero-order valence-electron chi connectivity index (χ0n) is 16.7. The van der Waals surface area contributed by atoms with E-state index in [-0.39, 0.29) is 6.61 Å².